The van der Waals surface area contributed by atoms with Crippen LogP contribution in [-0.4, -0.2) is 59.9 Å². The first kappa shape index (κ1) is 17.9. The van der Waals surface area contributed by atoms with E-state index in [0.717, 1.165) is 4.90 Å². The van der Waals surface area contributed by atoms with Gasteiger partial charge in [-0.05, 0) is 20.8 Å². The number of ether oxygens (including phenoxy) is 1. The molecular formula is C16H20N4O6. The van der Waals surface area contributed by atoms with Crippen molar-refractivity contribution in [3.05, 3.63) is 28.4 Å². The van der Waals surface area contributed by atoms with Crippen molar-refractivity contribution in [1.82, 2.24) is 19.9 Å². The molecule has 0 unspecified atom stereocenters. The molecule has 10 heteroatoms. The monoisotopic (exact) mass is 364 g/mol. The summed E-state index contributed by atoms with van der Waals surface area (Å²) in [7, 11) is 0. The lowest BCUT2D eigenvalue weighted by Gasteiger charge is -2.31. The zero-order valence-corrected chi connectivity index (χ0v) is 14.5. The maximum absolute atomic E-state index is 12.7. The van der Waals surface area contributed by atoms with Crippen LogP contribution in [0, 0.1) is 0 Å². The number of nitrogens with zero attached hydrogens (tertiary/aromatic N) is 2. The Morgan fingerprint density at radius 1 is 1.35 bits per heavy atom. The Labute approximate surface area is 147 Å². The largest absolute Gasteiger partial charge is 0.480 e. The van der Waals surface area contributed by atoms with Gasteiger partial charge in [0.15, 0.2) is 6.04 Å². The molecule has 0 bridgehead atoms. The van der Waals surface area contributed by atoms with Crippen molar-refractivity contribution >= 4 is 23.1 Å². The molecule has 4 N–H and O–H groups in total. The molecular weight excluding hydrogens is 344 g/mol. The van der Waals surface area contributed by atoms with Crippen molar-refractivity contribution in [1.29, 1.82) is 0 Å². The lowest BCUT2D eigenvalue weighted by Crippen LogP contribution is -2.47. The van der Waals surface area contributed by atoms with Crippen LogP contribution in [0.4, 0.5) is 4.79 Å². The van der Waals surface area contributed by atoms with Gasteiger partial charge in [-0.3, -0.25) is 9.69 Å². The van der Waals surface area contributed by atoms with Crippen LogP contribution >= 0.6 is 0 Å². The van der Waals surface area contributed by atoms with Crippen molar-refractivity contribution in [2.75, 3.05) is 0 Å². The molecule has 26 heavy (non-hydrogen) atoms. The van der Waals surface area contributed by atoms with Crippen molar-refractivity contribution in [2.24, 2.45) is 0 Å². The summed E-state index contributed by atoms with van der Waals surface area (Å²) >= 11 is 0. The van der Waals surface area contributed by atoms with E-state index in [9.17, 15) is 24.6 Å². The predicted octanol–water partition coefficient (Wildman–Crippen LogP) is 0.747. The minimum atomic E-state index is -1.46. The molecule has 1 aliphatic rings. The van der Waals surface area contributed by atoms with Crippen molar-refractivity contribution in [3.63, 3.8) is 0 Å². The average Bonchev–Trinajstić information content (AvgIpc) is 3.07. The van der Waals surface area contributed by atoms with E-state index in [1.54, 1.807) is 20.8 Å². The van der Waals surface area contributed by atoms with Crippen LogP contribution in [0.15, 0.2) is 17.3 Å². The molecule has 0 aliphatic carbocycles. The number of aliphatic hydroxyl groups is 1. The van der Waals surface area contributed by atoms with Gasteiger partial charge in [0.2, 0.25) is 0 Å². The maximum atomic E-state index is 12.7. The number of nitrogens with one attached hydrogen (secondary N) is 2. The number of carboxylic acid groups (broad SMARTS) is 1. The number of carbonyl (C=O) groups is 2. The van der Waals surface area contributed by atoms with E-state index in [0.29, 0.717) is 11.1 Å². The Bertz CT molecular complexity index is 911. The van der Waals surface area contributed by atoms with Crippen LogP contribution in [0.2, 0.25) is 0 Å². The number of carboxylic acids is 1. The topological polar surface area (TPSA) is 149 Å². The third kappa shape index (κ3) is 3.03. The summed E-state index contributed by atoms with van der Waals surface area (Å²) in [4.78, 5) is 46.5. The Morgan fingerprint density at radius 2 is 2.04 bits per heavy atom. The van der Waals surface area contributed by atoms with E-state index < -0.39 is 41.4 Å². The number of amides is 1. The van der Waals surface area contributed by atoms with Gasteiger partial charge >= 0.3 is 12.1 Å². The number of H-pyrrole nitrogens is 2. The Morgan fingerprint density at radius 3 is 2.65 bits per heavy atom. The van der Waals surface area contributed by atoms with Crippen LogP contribution in [0.3, 0.4) is 0 Å². The Balaban J connectivity index is 2.08. The molecule has 10 nitrogen and oxygen atoms in total. The number of fused-ring (bicyclic) bond motifs is 1. The number of aromatic nitrogens is 3. The number of hydrogen-bond acceptors (Lipinski definition) is 6. The number of hydrogen-bond donors (Lipinski definition) is 4. The second kappa shape index (κ2) is 6.13. The fraction of sp³-hybridized carbons (Fsp3) is 0.500. The van der Waals surface area contributed by atoms with Gasteiger partial charge in [0.25, 0.3) is 5.56 Å². The van der Waals surface area contributed by atoms with Crippen LogP contribution in [0.5, 0.6) is 0 Å². The van der Waals surface area contributed by atoms with Gasteiger partial charge in [0, 0.05) is 18.2 Å². The SMILES string of the molecule is CC(C)(C)OC(=O)N1[C@@H](c2c[nH]c3c(=O)[nH]cnc23)C[C@H](O)[C@H]1C(=O)O. The summed E-state index contributed by atoms with van der Waals surface area (Å²) in [5.74, 6) is -1.34. The van der Waals surface area contributed by atoms with Gasteiger partial charge in [-0.1, -0.05) is 0 Å². The lowest BCUT2D eigenvalue weighted by atomic mass is 10.1. The van der Waals surface area contributed by atoms with E-state index >= 15 is 0 Å². The average molecular weight is 364 g/mol. The van der Waals surface area contributed by atoms with Crippen molar-refractivity contribution in [2.45, 2.75) is 51.0 Å². The normalized spacial score (nSPS) is 23.4. The molecule has 3 atom stereocenters. The highest BCUT2D eigenvalue weighted by Gasteiger charge is 2.50. The molecule has 1 fully saturated rings. The predicted molar refractivity (Wildman–Crippen MR) is 89.6 cm³/mol. The number of aliphatic carboxylic acids is 1. The number of aliphatic hydroxyl groups excluding tert-OH is 1. The molecule has 1 aliphatic heterocycles. The molecule has 1 amide bonds. The summed E-state index contributed by atoms with van der Waals surface area (Å²) < 4.78 is 5.33. The van der Waals surface area contributed by atoms with E-state index in [2.05, 4.69) is 15.0 Å². The third-order valence-corrected chi connectivity index (χ3v) is 4.18. The Kier molecular flexibility index (Phi) is 4.23. The number of aromatic amines is 2. The zero-order valence-electron chi connectivity index (χ0n) is 14.5. The molecule has 0 radical (unpaired) electrons. The minimum Gasteiger partial charge on any atom is -0.480 e. The lowest BCUT2D eigenvalue weighted by molar-refractivity contribution is -0.145. The van der Waals surface area contributed by atoms with E-state index in [1.807, 2.05) is 0 Å². The van der Waals surface area contributed by atoms with Gasteiger partial charge < -0.3 is 24.9 Å². The van der Waals surface area contributed by atoms with Crippen LogP contribution in [0.25, 0.3) is 11.0 Å². The van der Waals surface area contributed by atoms with Crippen LogP contribution in [-0.2, 0) is 9.53 Å². The van der Waals surface area contributed by atoms with Gasteiger partial charge in [-0.15, -0.1) is 0 Å². The van der Waals surface area contributed by atoms with Gasteiger partial charge in [0.1, 0.15) is 16.6 Å². The van der Waals surface area contributed by atoms with Gasteiger partial charge in [0.05, 0.1) is 18.5 Å². The second-order valence-electron chi connectivity index (χ2n) is 7.19. The summed E-state index contributed by atoms with van der Waals surface area (Å²) in [5.41, 5.74) is -0.267. The Hall–Kier alpha value is -2.88. The molecule has 2 aromatic rings. The first-order valence-corrected chi connectivity index (χ1v) is 8.07. The number of carbonyl (C=O) groups excluding carboxylic acids is 1. The first-order valence-electron chi connectivity index (χ1n) is 8.07. The van der Waals surface area contributed by atoms with Crippen LogP contribution in [0.1, 0.15) is 38.8 Å². The zero-order chi connectivity index (χ0) is 19.2. The van der Waals surface area contributed by atoms with E-state index in [-0.39, 0.29) is 11.9 Å². The van der Waals surface area contributed by atoms with E-state index in [1.165, 1.54) is 12.5 Å². The van der Waals surface area contributed by atoms with Gasteiger partial charge in [-0.2, -0.15) is 0 Å². The molecule has 3 rings (SSSR count). The molecule has 3 heterocycles. The van der Waals surface area contributed by atoms with Crippen LogP contribution < -0.4 is 5.56 Å². The molecule has 0 aromatic carbocycles. The summed E-state index contributed by atoms with van der Waals surface area (Å²) in [6.07, 6.45) is 0.561. The molecule has 140 valence electrons. The highest BCUT2D eigenvalue weighted by Crippen LogP contribution is 2.39. The fourth-order valence-electron chi connectivity index (χ4n) is 3.19. The van der Waals surface area contributed by atoms with Crippen molar-refractivity contribution < 1.29 is 24.5 Å². The van der Waals surface area contributed by atoms with E-state index in [4.69, 9.17) is 4.74 Å². The number of rotatable bonds is 2. The summed E-state index contributed by atoms with van der Waals surface area (Å²) in [6.45, 7) is 4.99. The molecule has 0 spiro atoms. The molecule has 2 aromatic heterocycles. The highest BCUT2D eigenvalue weighted by molar-refractivity contribution is 5.84. The maximum Gasteiger partial charge on any atom is 0.411 e. The summed E-state index contributed by atoms with van der Waals surface area (Å²) in [6, 6.07) is -2.26. The molecule has 1 saturated heterocycles. The third-order valence-electron chi connectivity index (χ3n) is 4.18. The number of likely N-dealkylation sites (tertiary alicyclic amines) is 1. The molecule has 0 saturated carbocycles. The smallest absolute Gasteiger partial charge is 0.411 e. The highest BCUT2D eigenvalue weighted by atomic mass is 16.6. The quantitative estimate of drug-likeness (QED) is 0.614. The minimum absolute atomic E-state index is 0.0162. The summed E-state index contributed by atoms with van der Waals surface area (Å²) in [5, 5.41) is 19.7. The standard InChI is InChI=1S/C16H20N4O6/c1-16(2,3)26-15(25)20-8(4-9(21)12(20)14(23)24)7-5-17-11-10(7)18-6-19-13(11)22/h5-6,8-9,12,17,21H,4H2,1-3H3,(H,23,24)(H,18,19,22)/t8-,9+,12+/m1/s1. The van der Waals surface area contributed by atoms with Crippen molar-refractivity contribution in [3.8, 4) is 0 Å². The fourth-order valence-corrected chi connectivity index (χ4v) is 3.19. The van der Waals surface area contributed by atoms with Gasteiger partial charge in [-0.25, -0.2) is 14.6 Å². The first-order chi connectivity index (χ1) is 12.1. The second-order valence-corrected chi connectivity index (χ2v) is 7.19.